The van der Waals surface area contributed by atoms with Crippen LogP contribution in [0.4, 0.5) is 0 Å². The number of aromatic nitrogens is 3. The fraction of sp³-hybridized carbons (Fsp3) is 0.700. The highest BCUT2D eigenvalue weighted by molar-refractivity contribution is 5.90. The summed E-state index contributed by atoms with van der Waals surface area (Å²) >= 11 is 0. The maximum absolute atomic E-state index is 11.9. The Bertz CT molecular complexity index is 340. The van der Waals surface area contributed by atoms with Gasteiger partial charge in [-0.3, -0.25) is 9.89 Å². The molecule has 88 valence electrons. The smallest absolute Gasteiger partial charge is 0.291 e. The summed E-state index contributed by atoms with van der Waals surface area (Å²) in [7, 11) is 4.16. The Kier molecular flexibility index (Phi) is 3.19. The molecule has 0 aromatic carbocycles. The first-order valence-corrected chi connectivity index (χ1v) is 5.49. The third-order valence-electron chi connectivity index (χ3n) is 3.10. The first-order chi connectivity index (χ1) is 7.68. The first kappa shape index (κ1) is 11.1. The normalized spacial score (nSPS) is 18.1. The summed E-state index contributed by atoms with van der Waals surface area (Å²) in [6.45, 7) is 1.59. The van der Waals surface area contributed by atoms with Crippen molar-refractivity contribution in [2.24, 2.45) is 0 Å². The van der Waals surface area contributed by atoms with E-state index in [-0.39, 0.29) is 5.91 Å². The predicted molar refractivity (Wildman–Crippen MR) is 59.0 cm³/mol. The van der Waals surface area contributed by atoms with Crippen LogP contribution in [-0.2, 0) is 0 Å². The standard InChI is InChI=1S/C10H17N5O/c1-14(2)8-3-5-15(6-4-8)10(16)9-11-7-12-13-9/h7-8H,3-6H2,1-2H3,(H,11,12,13). The topological polar surface area (TPSA) is 65.1 Å². The molecule has 0 radical (unpaired) electrons. The highest BCUT2D eigenvalue weighted by Crippen LogP contribution is 2.15. The molecular weight excluding hydrogens is 206 g/mol. The molecule has 1 N–H and O–H groups in total. The van der Waals surface area contributed by atoms with E-state index in [1.807, 2.05) is 4.90 Å². The zero-order valence-electron chi connectivity index (χ0n) is 9.68. The van der Waals surface area contributed by atoms with Crippen LogP contribution in [0.1, 0.15) is 23.5 Å². The van der Waals surface area contributed by atoms with Gasteiger partial charge in [-0.15, -0.1) is 0 Å². The van der Waals surface area contributed by atoms with Crippen molar-refractivity contribution in [1.82, 2.24) is 25.0 Å². The summed E-state index contributed by atoms with van der Waals surface area (Å²) in [5.41, 5.74) is 0. The van der Waals surface area contributed by atoms with E-state index in [0.29, 0.717) is 11.9 Å². The summed E-state index contributed by atoms with van der Waals surface area (Å²) in [4.78, 5) is 19.8. The molecule has 1 fully saturated rings. The maximum Gasteiger partial charge on any atom is 0.291 e. The third kappa shape index (κ3) is 2.21. The number of nitrogens with one attached hydrogen (secondary N) is 1. The van der Waals surface area contributed by atoms with Gasteiger partial charge in [-0.05, 0) is 26.9 Å². The van der Waals surface area contributed by atoms with Gasteiger partial charge in [-0.1, -0.05) is 0 Å². The number of carbonyl (C=O) groups excluding carboxylic acids is 1. The van der Waals surface area contributed by atoms with Crippen LogP contribution in [-0.4, -0.2) is 64.1 Å². The molecule has 0 atom stereocenters. The third-order valence-corrected chi connectivity index (χ3v) is 3.10. The van der Waals surface area contributed by atoms with Gasteiger partial charge < -0.3 is 9.80 Å². The van der Waals surface area contributed by atoms with E-state index in [4.69, 9.17) is 0 Å². The Morgan fingerprint density at radius 2 is 2.19 bits per heavy atom. The molecule has 1 aliphatic heterocycles. The molecular formula is C10H17N5O. The van der Waals surface area contributed by atoms with Crippen molar-refractivity contribution in [3.8, 4) is 0 Å². The Morgan fingerprint density at radius 3 is 2.69 bits per heavy atom. The SMILES string of the molecule is CN(C)C1CCN(C(=O)c2ncn[nH]2)CC1. The highest BCUT2D eigenvalue weighted by atomic mass is 16.2. The molecule has 0 unspecified atom stereocenters. The lowest BCUT2D eigenvalue weighted by Gasteiger charge is -2.34. The molecule has 1 aromatic heterocycles. The Labute approximate surface area is 94.6 Å². The van der Waals surface area contributed by atoms with Crippen LogP contribution in [0.5, 0.6) is 0 Å². The summed E-state index contributed by atoms with van der Waals surface area (Å²) in [6.07, 6.45) is 3.40. The van der Waals surface area contributed by atoms with Crippen LogP contribution >= 0.6 is 0 Å². The van der Waals surface area contributed by atoms with Gasteiger partial charge in [0, 0.05) is 19.1 Å². The van der Waals surface area contributed by atoms with E-state index in [0.717, 1.165) is 25.9 Å². The minimum atomic E-state index is -0.0466. The van der Waals surface area contributed by atoms with Crippen LogP contribution in [0, 0.1) is 0 Å². The fourth-order valence-corrected chi connectivity index (χ4v) is 2.04. The molecule has 1 saturated heterocycles. The van der Waals surface area contributed by atoms with E-state index in [1.54, 1.807) is 0 Å². The number of hydrogen-bond acceptors (Lipinski definition) is 4. The Hall–Kier alpha value is -1.43. The lowest BCUT2D eigenvalue weighted by molar-refractivity contribution is 0.0651. The summed E-state index contributed by atoms with van der Waals surface area (Å²) in [5.74, 6) is 0.290. The summed E-state index contributed by atoms with van der Waals surface area (Å²) in [5, 5.41) is 6.29. The molecule has 0 saturated carbocycles. The molecule has 2 heterocycles. The number of H-pyrrole nitrogens is 1. The average Bonchev–Trinajstić information content (AvgIpc) is 2.81. The zero-order chi connectivity index (χ0) is 11.5. The number of amides is 1. The number of likely N-dealkylation sites (tertiary alicyclic amines) is 1. The van der Waals surface area contributed by atoms with E-state index < -0.39 is 0 Å². The van der Waals surface area contributed by atoms with Gasteiger partial charge in [0.25, 0.3) is 5.91 Å². The molecule has 1 amide bonds. The second-order valence-corrected chi connectivity index (χ2v) is 4.32. The fourth-order valence-electron chi connectivity index (χ4n) is 2.04. The van der Waals surface area contributed by atoms with Gasteiger partial charge in [-0.2, -0.15) is 5.10 Å². The van der Waals surface area contributed by atoms with Crippen LogP contribution < -0.4 is 0 Å². The monoisotopic (exact) mass is 223 g/mol. The van der Waals surface area contributed by atoms with Crippen molar-refractivity contribution in [3.05, 3.63) is 12.2 Å². The van der Waals surface area contributed by atoms with Gasteiger partial charge >= 0.3 is 0 Å². The van der Waals surface area contributed by atoms with Crippen LogP contribution in [0.3, 0.4) is 0 Å². The number of carbonyl (C=O) groups is 1. The van der Waals surface area contributed by atoms with E-state index in [1.165, 1.54) is 6.33 Å². The average molecular weight is 223 g/mol. The molecule has 0 bridgehead atoms. The maximum atomic E-state index is 11.9. The molecule has 6 heteroatoms. The second kappa shape index (κ2) is 4.61. The predicted octanol–water partition coefficient (Wildman–Crippen LogP) is -0.0291. The molecule has 0 spiro atoms. The van der Waals surface area contributed by atoms with Crippen molar-refractivity contribution < 1.29 is 4.79 Å². The molecule has 0 aliphatic carbocycles. The molecule has 16 heavy (non-hydrogen) atoms. The first-order valence-electron chi connectivity index (χ1n) is 5.49. The van der Waals surface area contributed by atoms with Crippen LogP contribution in [0.2, 0.25) is 0 Å². The minimum absolute atomic E-state index is 0.0466. The van der Waals surface area contributed by atoms with Crippen LogP contribution in [0.15, 0.2) is 6.33 Å². The van der Waals surface area contributed by atoms with E-state index in [9.17, 15) is 4.79 Å². The van der Waals surface area contributed by atoms with E-state index >= 15 is 0 Å². The zero-order valence-corrected chi connectivity index (χ0v) is 9.68. The second-order valence-electron chi connectivity index (χ2n) is 4.32. The molecule has 2 rings (SSSR count). The highest BCUT2D eigenvalue weighted by Gasteiger charge is 2.25. The largest absolute Gasteiger partial charge is 0.336 e. The lowest BCUT2D eigenvalue weighted by Crippen LogP contribution is -2.44. The Morgan fingerprint density at radius 1 is 1.50 bits per heavy atom. The van der Waals surface area contributed by atoms with Gasteiger partial charge in [0.1, 0.15) is 6.33 Å². The van der Waals surface area contributed by atoms with Crippen molar-refractivity contribution in [2.75, 3.05) is 27.2 Å². The number of piperidine rings is 1. The molecule has 6 nitrogen and oxygen atoms in total. The van der Waals surface area contributed by atoms with Crippen molar-refractivity contribution in [1.29, 1.82) is 0 Å². The number of aromatic amines is 1. The molecule has 1 aromatic rings. The van der Waals surface area contributed by atoms with Gasteiger partial charge in [0.2, 0.25) is 5.82 Å². The van der Waals surface area contributed by atoms with Crippen LogP contribution in [0.25, 0.3) is 0 Å². The van der Waals surface area contributed by atoms with Crippen molar-refractivity contribution in [3.63, 3.8) is 0 Å². The number of hydrogen-bond donors (Lipinski definition) is 1. The van der Waals surface area contributed by atoms with Crippen molar-refractivity contribution >= 4 is 5.91 Å². The number of rotatable bonds is 2. The van der Waals surface area contributed by atoms with Gasteiger partial charge in [0.15, 0.2) is 0 Å². The summed E-state index contributed by atoms with van der Waals surface area (Å²) < 4.78 is 0. The lowest BCUT2D eigenvalue weighted by atomic mass is 10.0. The number of nitrogens with zero attached hydrogens (tertiary/aromatic N) is 4. The summed E-state index contributed by atoms with van der Waals surface area (Å²) in [6, 6.07) is 0.582. The van der Waals surface area contributed by atoms with Gasteiger partial charge in [0.05, 0.1) is 0 Å². The minimum Gasteiger partial charge on any atom is -0.336 e. The molecule has 1 aliphatic rings. The quantitative estimate of drug-likeness (QED) is 0.764. The van der Waals surface area contributed by atoms with Gasteiger partial charge in [-0.25, -0.2) is 4.98 Å². The Balaban J connectivity index is 1.92. The van der Waals surface area contributed by atoms with Crippen molar-refractivity contribution in [2.45, 2.75) is 18.9 Å². The van der Waals surface area contributed by atoms with E-state index in [2.05, 4.69) is 34.2 Å².